The molecule has 4 heteroatoms. The van der Waals surface area contributed by atoms with Crippen LogP contribution in [0.2, 0.25) is 0 Å². The molecule has 0 saturated heterocycles. The number of aliphatic carboxylic acids is 1. The minimum Gasteiger partial charge on any atom is -0.481 e. The van der Waals surface area contributed by atoms with Crippen molar-refractivity contribution in [1.29, 1.82) is 0 Å². The molecular weight excluding hydrogens is 206 g/mol. The Bertz CT molecular complexity index is 271. The highest BCUT2D eigenvalue weighted by Crippen LogP contribution is 2.28. The molecule has 1 aliphatic rings. The van der Waals surface area contributed by atoms with E-state index >= 15 is 0 Å². The molecule has 1 saturated carbocycles. The van der Waals surface area contributed by atoms with Crippen molar-refractivity contribution in [3.8, 4) is 0 Å². The fraction of sp³-hybridized carbons (Fsp3) is 0.833. The second-order valence-electron chi connectivity index (χ2n) is 5.01. The van der Waals surface area contributed by atoms with Crippen molar-refractivity contribution >= 4 is 11.9 Å². The van der Waals surface area contributed by atoms with E-state index in [2.05, 4.69) is 13.8 Å². The zero-order valence-corrected chi connectivity index (χ0v) is 10.3. The predicted molar refractivity (Wildman–Crippen MR) is 61.0 cm³/mol. The summed E-state index contributed by atoms with van der Waals surface area (Å²) in [5.41, 5.74) is 0. The van der Waals surface area contributed by atoms with Crippen molar-refractivity contribution in [2.45, 2.75) is 46.1 Å². The molecule has 1 aliphatic carbocycles. The van der Waals surface area contributed by atoms with Crippen LogP contribution in [0.4, 0.5) is 0 Å². The quantitative estimate of drug-likeness (QED) is 0.703. The van der Waals surface area contributed by atoms with Crippen LogP contribution in [-0.2, 0) is 9.59 Å². The number of carboxylic acids is 1. The van der Waals surface area contributed by atoms with Crippen molar-refractivity contribution in [2.75, 3.05) is 6.54 Å². The van der Waals surface area contributed by atoms with E-state index in [4.69, 9.17) is 5.11 Å². The van der Waals surface area contributed by atoms with Gasteiger partial charge in [0.25, 0.3) is 0 Å². The van der Waals surface area contributed by atoms with Gasteiger partial charge in [-0.1, -0.05) is 13.8 Å². The average Bonchev–Trinajstić information content (AvgIpc) is 3.00. The molecule has 0 aromatic carbocycles. The lowest BCUT2D eigenvalue weighted by molar-refractivity contribution is -0.150. The molecule has 1 N–H and O–H groups in total. The molecule has 0 aromatic rings. The van der Waals surface area contributed by atoms with Gasteiger partial charge in [0.15, 0.2) is 0 Å². The standard InChI is InChI=1S/C12H21NO3/c1-8(2)6-7-13(10-4-5-10)11(14)9(3)12(15)16/h8-10H,4-7H2,1-3H3,(H,15,16). The molecule has 0 aliphatic heterocycles. The van der Waals surface area contributed by atoms with E-state index in [0.29, 0.717) is 18.5 Å². The Kier molecular flexibility index (Phi) is 4.33. The van der Waals surface area contributed by atoms with Crippen LogP contribution in [0.25, 0.3) is 0 Å². The lowest BCUT2D eigenvalue weighted by atomic mass is 10.1. The summed E-state index contributed by atoms with van der Waals surface area (Å²) in [6.07, 6.45) is 2.99. The zero-order chi connectivity index (χ0) is 12.3. The summed E-state index contributed by atoms with van der Waals surface area (Å²) in [4.78, 5) is 24.5. The SMILES string of the molecule is CC(C)CCN(C(=O)C(C)C(=O)O)C1CC1. The number of nitrogens with zero attached hydrogens (tertiary/aromatic N) is 1. The molecule has 1 rings (SSSR count). The lowest BCUT2D eigenvalue weighted by Gasteiger charge is -2.25. The minimum atomic E-state index is -1.03. The molecule has 1 atom stereocenters. The molecule has 0 spiro atoms. The molecule has 1 amide bonds. The van der Waals surface area contributed by atoms with Crippen molar-refractivity contribution in [2.24, 2.45) is 11.8 Å². The first-order chi connectivity index (χ1) is 7.43. The average molecular weight is 227 g/mol. The Balaban J connectivity index is 2.55. The van der Waals surface area contributed by atoms with E-state index < -0.39 is 11.9 Å². The molecule has 16 heavy (non-hydrogen) atoms. The molecule has 0 heterocycles. The maximum absolute atomic E-state index is 11.9. The second-order valence-corrected chi connectivity index (χ2v) is 5.01. The van der Waals surface area contributed by atoms with Gasteiger partial charge >= 0.3 is 5.97 Å². The molecule has 0 radical (unpaired) electrons. The highest BCUT2D eigenvalue weighted by Gasteiger charge is 2.36. The van der Waals surface area contributed by atoms with Gasteiger partial charge in [-0.05, 0) is 32.1 Å². The molecule has 92 valence electrons. The van der Waals surface area contributed by atoms with Crippen LogP contribution in [-0.4, -0.2) is 34.5 Å². The van der Waals surface area contributed by atoms with E-state index in [1.807, 2.05) is 0 Å². The fourth-order valence-electron chi connectivity index (χ4n) is 1.61. The molecular formula is C12H21NO3. The van der Waals surface area contributed by atoms with Crippen molar-refractivity contribution < 1.29 is 14.7 Å². The Morgan fingerprint density at radius 1 is 1.31 bits per heavy atom. The van der Waals surface area contributed by atoms with Crippen molar-refractivity contribution in [3.05, 3.63) is 0 Å². The number of carbonyl (C=O) groups is 2. The number of amides is 1. The van der Waals surface area contributed by atoms with Crippen LogP contribution in [0.15, 0.2) is 0 Å². The summed E-state index contributed by atoms with van der Waals surface area (Å²) < 4.78 is 0. The minimum absolute atomic E-state index is 0.226. The van der Waals surface area contributed by atoms with Crippen LogP contribution in [0.5, 0.6) is 0 Å². The second kappa shape index (κ2) is 5.32. The smallest absolute Gasteiger partial charge is 0.315 e. The van der Waals surface area contributed by atoms with Gasteiger partial charge in [0.05, 0.1) is 0 Å². The van der Waals surface area contributed by atoms with Crippen LogP contribution in [0.3, 0.4) is 0 Å². The van der Waals surface area contributed by atoms with E-state index in [1.165, 1.54) is 6.92 Å². The maximum atomic E-state index is 11.9. The Labute approximate surface area is 96.6 Å². The fourth-order valence-corrected chi connectivity index (χ4v) is 1.61. The van der Waals surface area contributed by atoms with Crippen molar-refractivity contribution in [3.63, 3.8) is 0 Å². The summed E-state index contributed by atoms with van der Waals surface area (Å²) in [7, 11) is 0. The van der Waals surface area contributed by atoms with Gasteiger partial charge in [0, 0.05) is 12.6 Å². The van der Waals surface area contributed by atoms with Crippen LogP contribution in [0.1, 0.15) is 40.0 Å². The third-order valence-electron chi connectivity index (χ3n) is 2.96. The normalized spacial score (nSPS) is 17.2. The summed E-state index contributed by atoms with van der Waals surface area (Å²) in [6, 6.07) is 0.299. The van der Waals surface area contributed by atoms with Crippen LogP contribution in [0, 0.1) is 11.8 Å². The van der Waals surface area contributed by atoms with Gasteiger partial charge in [0.1, 0.15) is 5.92 Å². The monoisotopic (exact) mass is 227 g/mol. The predicted octanol–water partition coefficient (Wildman–Crippen LogP) is 1.74. The molecule has 1 fully saturated rings. The first-order valence-electron chi connectivity index (χ1n) is 5.96. The Morgan fingerprint density at radius 2 is 1.88 bits per heavy atom. The molecule has 1 unspecified atom stereocenters. The van der Waals surface area contributed by atoms with Crippen molar-refractivity contribution in [1.82, 2.24) is 4.90 Å². The number of hydrogen-bond donors (Lipinski definition) is 1. The first-order valence-corrected chi connectivity index (χ1v) is 5.96. The zero-order valence-electron chi connectivity index (χ0n) is 10.3. The van der Waals surface area contributed by atoms with Gasteiger partial charge in [0.2, 0.25) is 5.91 Å². The van der Waals surface area contributed by atoms with Gasteiger partial charge in [-0.25, -0.2) is 0 Å². The third kappa shape index (κ3) is 3.51. The maximum Gasteiger partial charge on any atom is 0.315 e. The molecule has 4 nitrogen and oxygen atoms in total. The number of carboxylic acid groups (broad SMARTS) is 1. The number of rotatable bonds is 6. The summed E-state index contributed by atoms with van der Waals surface area (Å²) in [6.45, 7) is 6.38. The number of carbonyl (C=O) groups excluding carboxylic acids is 1. The van der Waals surface area contributed by atoms with E-state index in [-0.39, 0.29) is 5.91 Å². The summed E-state index contributed by atoms with van der Waals surface area (Å²) >= 11 is 0. The van der Waals surface area contributed by atoms with Crippen LogP contribution >= 0.6 is 0 Å². The van der Waals surface area contributed by atoms with Gasteiger partial charge in [-0.2, -0.15) is 0 Å². The number of hydrogen-bond acceptors (Lipinski definition) is 2. The van der Waals surface area contributed by atoms with Gasteiger partial charge < -0.3 is 10.0 Å². The lowest BCUT2D eigenvalue weighted by Crippen LogP contribution is -2.40. The Morgan fingerprint density at radius 3 is 2.25 bits per heavy atom. The largest absolute Gasteiger partial charge is 0.481 e. The van der Waals surface area contributed by atoms with Crippen LogP contribution < -0.4 is 0 Å². The van der Waals surface area contributed by atoms with Gasteiger partial charge in [-0.3, -0.25) is 9.59 Å². The molecule has 0 aromatic heterocycles. The van der Waals surface area contributed by atoms with E-state index in [9.17, 15) is 9.59 Å². The van der Waals surface area contributed by atoms with E-state index in [1.54, 1.807) is 4.90 Å². The Hall–Kier alpha value is -1.06. The molecule has 0 bridgehead atoms. The third-order valence-corrected chi connectivity index (χ3v) is 2.96. The summed E-state index contributed by atoms with van der Waals surface area (Å²) in [5, 5.41) is 8.83. The topological polar surface area (TPSA) is 57.6 Å². The highest BCUT2D eigenvalue weighted by atomic mass is 16.4. The summed E-state index contributed by atoms with van der Waals surface area (Å²) in [5.74, 6) is -1.63. The van der Waals surface area contributed by atoms with E-state index in [0.717, 1.165) is 19.3 Å². The van der Waals surface area contributed by atoms with Gasteiger partial charge in [-0.15, -0.1) is 0 Å². The first kappa shape index (κ1) is 13.0. The highest BCUT2D eigenvalue weighted by molar-refractivity contribution is 5.96.